The van der Waals surface area contributed by atoms with Crippen LogP contribution in [0, 0.1) is 5.92 Å². The standard InChI is InChI=1S/C21H24N2O2/c24-21(9-6-16-10-12-22-13-11-16)23-14-19(17-4-2-1-3-5-17)25-20(15-23)18-7-8-18/h1-5,10-13,18-20H,6-9,14-15H2/t19-,20+/m0/s1. The molecule has 0 N–H and O–H groups in total. The molecular formula is C21H24N2O2. The highest BCUT2D eigenvalue weighted by atomic mass is 16.5. The van der Waals surface area contributed by atoms with Gasteiger partial charge in [-0.25, -0.2) is 0 Å². The SMILES string of the molecule is O=C(CCc1ccncc1)N1C[C@@H](c2ccccc2)O[C@@H](C2CC2)C1. The maximum absolute atomic E-state index is 12.8. The lowest BCUT2D eigenvalue weighted by Gasteiger charge is -2.38. The van der Waals surface area contributed by atoms with E-state index in [-0.39, 0.29) is 18.1 Å². The van der Waals surface area contributed by atoms with E-state index in [2.05, 4.69) is 17.1 Å². The van der Waals surface area contributed by atoms with Gasteiger partial charge in [0, 0.05) is 25.4 Å². The van der Waals surface area contributed by atoms with Crippen molar-refractivity contribution >= 4 is 5.91 Å². The number of pyridine rings is 1. The molecule has 1 amide bonds. The Kier molecular flexibility index (Phi) is 4.79. The van der Waals surface area contributed by atoms with Gasteiger partial charge < -0.3 is 9.64 Å². The van der Waals surface area contributed by atoms with Crippen molar-refractivity contribution < 1.29 is 9.53 Å². The molecule has 0 spiro atoms. The second kappa shape index (κ2) is 7.36. The van der Waals surface area contributed by atoms with Gasteiger partial charge in [0.05, 0.1) is 12.6 Å². The third-order valence-corrected chi connectivity index (χ3v) is 5.17. The van der Waals surface area contributed by atoms with Crippen molar-refractivity contribution in [2.75, 3.05) is 13.1 Å². The fraction of sp³-hybridized carbons (Fsp3) is 0.429. The van der Waals surface area contributed by atoms with Crippen LogP contribution in [0.2, 0.25) is 0 Å². The van der Waals surface area contributed by atoms with Crippen LogP contribution >= 0.6 is 0 Å². The highest BCUT2D eigenvalue weighted by molar-refractivity contribution is 5.76. The quantitative estimate of drug-likeness (QED) is 0.840. The summed E-state index contributed by atoms with van der Waals surface area (Å²) in [4.78, 5) is 18.8. The fourth-order valence-electron chi connectivity index (χ4n) is 3.53. The Morgan fingerprint density at radius 1 is 1.08 bits per heavy atom. The van der Waals surface area contributed by atoms with Crippen LogP contribution < -0.4 is 0 Å². The van der Waals surface area contributed by atoms with Crippen LogP contribution in [0.5, 0.6) is 0 Å². The molecule has 0 radical (unpaired) electrons. The van der Waals surface area contributed by atoms with Gasteiger partial charge in [-0.3, -0.25) is 9.78 Å². The number of carbonyl (C=O) groups is 1. The first-order valence-electron chi connectivity index (χ1n) is 9.16. The summed E-state index contributed by atoms with van der Waals surface area (Å²) in [6.07, 6.45) is 7.50. The number of hydrogen-bond acceptors (Lipinski definition) is 3. The second-order valence-corrected chi connectivity index (χ2v) is 7.07. The minimum absolute atomic E-state index is 0.00887. The predicted octanol–water partition coefficient (Wildman–Crippen LogP) is 3.39. The Bertz CT molecular complexity index is 700. The zero-order valence-electron chi connectivity index (χ0n) is 14.4. The van der Waals surface area contributed by atoms with Crippen molar-refractivity contribution in [3.63, 3.8) is 0 Å². The maximum atomic E-state index is 12.8. The highest BCUT2D eigenvalue weighted by Gasteiger charge is 2.39. The highest BCUT2D eigenvalue weighted by Crippen LogP contribution is 2.39. The Hall–Kier alpha value is -2.20. The zero-order valence-corrected chi connectivity index (χ0v) is 14.4. The molecule has 1 aromatic heterocycles. The Labute approximate surface area is 148 Å². The number of amides is 1. The lowest BCUT2D eigenvalue weighted by Crippen LogP contribution is -2.47. The maximum Gasteiger partial charge on any atom is 0.223 e. The van der Waals surface area contributed by atoms with E-state index in [4.69, 9.17) is 4.74 Å². The Morgan fingerprint density at radius 3 is 2.56 bits per heavy atom. The summed E-state index contributed by atoms with van der Waals surface area (Å²) in [6, 6.07) is 14.2. The van der Waals surface area contributed by atoms with E-state index in [1.165, 1.54) is 18.4 Å². The molecular weight excluding hydrogens is 312 g/mol. The second-order valence-electron chi connectivity index (χ2n) is 7.07. The van der Waals surface area contributed by atoms with Crippen LogP contribution in [0.15, 0.2) is 54.9 Å². The van der Waals surface area contributed by atoms with Gasteiger partial charge in [-0.15, -0.1) is 0 Å². The Morgan fingerprint density at radius 2 is 1.84 bits per heavy atom. The summed E-state index contributed by atoms with van der Waals surface area (Å²) in [5.41, 5.74) is 2.33. The molecule has 2 fully saturated rings. The van der Waals surface area contributed by atoms with Crippen molar-refractivity contribution in [1.82, 2.24) is 9.88 Å². The van der Waals surface area contributed by atoms with Gasteiger partial charge in [-0.1, -0.05) is 30.3 Å². The molecule has 2 aromatic rings. The van der Waals surface area contributed by atoms with Crippen molar-refractivity contribution in [2.24, 2.45) is 5.92 Å². The molecule has 1 aliphatic heterocycles. The predicted molar refractivity (Wildman–Crippen MR) is 95.9 cm³/mol. The monoisotopic (exact) mass is 336 g/mol. The lowest BCUT2D eigenvalue weighted by molar-refractivity contribution is -0.148. The van der Waals surface area contributed by atoms with Gasteiger partial charge in [0.2, 0.25) is 5.91 Å². The molecule has 1 aliphatic carbocycles. The number of benzene rings is 1. The number of ether oxygens (including phenoxy) is 1. The first-order valence-corrected chi connectivity index (χ1v) is 9.16. The molecule has 25 heavy (non-hydrogen) atoms. The van der Waals surface area contributed by atoms with E-state index in [1.807, 2.05) is 35.2 Å². The van der Waals surface area contributed by atoms with E-state index in [0.29, 0.717) is 18.9 Å². The van der Waals surface area contributed by atoms with Crippen LogP contribution in [0.25, 0.3) is 0 Å². The average Bonchev–Trinajstić information content (AvgIpc) is 3.52. The third kappa shape index (κ3) is 4.07. The summed E-state index contributed by atoms with van der Waals surface area (Å²) in [7, 11) is 0. The molecule has 1 aromatic carbocycles. The molecule has 1 saturated heterocycles. The molecule has 4 nitrogen and oxygen atoms in total. The van der Waals surface area contributed by atoms with Gasteiger partial charge in [0.15, 0.2) is 0 Å². The summed E-state index contributed by atoms with van der Waals surface area (Å²) in [6.45, 7) is 1.39. The summed E-state index contributed by atoms with van der Waals surface area (Å²) >= 11 is 0. The third-order valence-electron chi connectivity index (χ3n) is 5.17. The minimum atomic E-state index is -0.00887. The summed E-state index contributed by atoms with van der Waals surface area (Å²) in [5.74, 6) is 0.855. The van der Waals surface area contributed by atoms with Gasteiger partial charge in [0.1, 0.15) is 6.10 Å². The van der Waals surface area contributed by atoms with E-state index in [9.17, 15) is 4.79 Å². The van der Waals surface area contributed by atoms with Crippen LogP contribution in [0.4, 0.5) is 0 Å². The number of rotatable bonds is 5. The van der Waals surface area contributed by atoms with Crippen molar-refractivity contribution in [2.45, 2.75) is 37.9 Å². The van der Waals surface area contributed by atoms with E-state index in [0.717, 1.165) is 18.5 Å². The van der Waals surface area contributed by atoms with Crippen molar-refractivity contribution in [3.05, 3.63) is 66.0 Å². The van der Waals surface area contributed by atoms with Crippen LogP contribution in [-0.2, 0) is 16.0 Å². The number of nitrogens with zero attached hydrogens (tertiary/aromatic N) is 2. The first kappa shape index (κ1) is 16.3. The molecule has 4 rings (SSSR count). The lowest BCUT2D eigenvalue weighted by atomic mass is 10.0. The fourth-order valence-corrected chi connectivity index (χ4v) is 3.53. The molecule has 1 saturated carbocycles. The van der Waals surface area contributed by atoms with E-state index in [1.54, 1.807) is 12.4 Å². The number of carbonyl (C=O) groups excluding carboxylic acids is 1. The summed E-state index contributed by atoms with van der Waals surface area (Å²) in [5, 5.41) is 0. The van der Waals surface area contributed by atoms with E-state index < -0.39 is 0 Å². The molecule has 4 heteroatoms. The van der Waals surface area contributed by atoms with Crippen LogP contribution in [-0.4, -0.2) is 35.0 Å². The van der Waals surface area contributed by atoms with Crippen LogP contribution in [0.1, 0.15) is 36.5 Å². The van der Waals surface area contributed by atoms with Crippen LogP contribution in [0.3, 0.4) is 0 Å². The molecule has 130 valence electrons. The minimum Gasteiger partial charge on any atom is -0.366 e. The normalized spacial score (nSPS) is 23.4. The molecule has 2 atom stereocenters. The molecule has 0 bridgehead atoms. The van der Waals surface area contributed by atoms with Gasteiger partial charge in [0.25, 0.3) is 0 Å². The van der Waals surface area contributed by atoms with Gasteiger partial charge >= 0.3 is 0 Å². The van der Waals surface area contributed by atoms with Gasteiger partial charge in [-0.2, -0.15) is 0 Å². The molecule has 2 heterocycles. The topological polar surface area (TPSA) is 42.4 Å². The number of hydrogen-bond donors (Lipinski definition) is 0. The zero-order chi connectivity index (χ0) is 17.1. The Balaban J connectivity index is 1.43. The van der Waals surface area contributed by atoms with Crippen molar-refractivity contribution in [3.8, 4) is 0 Å². The number of aromatic nitrogens is 1. The molecule has 2 aliphatic rings. The largest absolute Gasteiger partial charge is 0.366 e. The average molecular weight is 336 g/mol. The van der Waals surface area contributed by atoms with E-state index >= 15 is 0 Å². The summed E-state index contributed by atoms with van der Waals surface area (Å²) < 4.78 is 6.34. The van der Waals surface area contributed by atoms with Crippen molar-refractivity contribution in [1.29, 1.82) is 0 Å². The van der Waals surface area contributed by atoms with Gasteiger partial charge in [-0.05, 0) is 48.4 Å². The number of morpholine rings is 1. The smallest absolute Gasteiger partial charge is 0.223 e. The molecule has 0 unspecified atom stereocenters. The number of aryl methyl sites for hydroxylation is 1. The first-order chi connectivity index (χ1) is 12.3.